The van der Waals surface area contributed by atoms with Crippen molar-refractivity contribution in [2.75, 3.05) is 19.3 Å². The van der Waals surface area contributed by atoms with E-state index in [0.717, 1.165) is 5.56 Å². The van der Waals surface area contributed by atoms with E-state index in [4.69, 9.17) is 5.73 Å². The van der Waals surface area contributed by atoms with Crippen molar-refractivity contribution >= 4 is 17.5 Å². The zero-order valence-electron chi connectivity index (χ0n) is 10.6. The van der Waals surface area contributed by atoms with E-state index >= 15 is 0 Å². The van der Waals surface area contributed by atoms with E-state index in [1.54, 1.807) is 37.1 Å². The van der Waals surface area contributed by atoms with Crippen LogP contribution in [0.25, 0.3) is 0 Å². The molecule has 18 heavy (non-hydrogen) atoms. The molecule has 0 aliphatic carbocycles. The predicted molar refractivity (Wildman–Crippen MR) is 69.1 cm³/mol. The Bertz CT molecular complexity index is 499. The van der Waals surface area contributed by atoms with Crippen LogP contribution in [0.4, 0.5) is 5.69 Å². The average molecular weight is 247 g/mol. The number of hydrogen-bond donors (Lipinski definition) is 2. The van der Waals surface area contributed by atoms with E-state index < -0.39 is 6.04 Å². The lowest BCUT2D eigenvalue weighted by Gasteiger charge is -2.14. The first kappa shape index (κ1) is 12.4. The molecule has 1 atom stereocenters. The van der Waals surface area contributed by atoms with E-state index in [-0.39, 0.29) is 11.8 Å². The Morgan fingerprint density at radius 3 is 2.83 bits per heavy atom. The number of nitrogens with zero attached hydrogens (tertiary/aromatic N) is 1. The van der Waals surface area contributed by atoms with Crippen LogP contribution in [0.3, 0.4) is 0 Å². The molecule has 96 valence electrons. The molecule has 1 unspecified atom stereocenters. The lowest BCUT2D eigenvalue weighted by Crippen LogP contribution is -2.40. The van der Waals surface area contributed by atoms with Crippen molar-refractivity contribution in [2.24, 2.45) is 0 Å². The van der Waals surface area contributed by atoms with Gasteiger partial charge in [0.2, 0.25) is 5.91 Å². The van der Waals surface area contributed by atoms with Crippen LogP contribution in [0.1, 0.15) is 22.3 Å². The molecular weight excluding hydrogens is 230 g/mol. The van der Waals surface area contributed by atoms with Gasteiger partial charge in [0.05, 0.1) is 0 Å². The first-order valence-electron chi connectivity index (χ1n) is 5.91. The molecule has 1 heterocycles. The topological polar surface area (TPSA) is 75.4 Å². The van der Waals surface area contributed by atoms with Crippen LogP contribution in [0.15, 0.2) is 18.2 Å². The number of rotatable bonds is 2. The Morgan fingerprint density at radius 1 is 1.50 bits per heavy atom. The third kappa shape index (κ3) is 2.16. The summed E-state index contributed by atoms with van der Waals surface area (Å²) in [6.07, 6.45) is 0.655. The van der Waals surface area contributed by atoms with Crippen LogP contribution in [0.2, 0.25) is 0 Å². The van der Waals surface area contributed by atoms with Gasteiger partial charge in [0.25, 0.3) is 5.91 Å². The van der Waals surface area contributed by atoms with Crippen molar-refractivity contribution in [3.63, 3.8) is 0 Å². The lowest BCUT2D eigenvalue weighted by molar-refractivity contribution is -0.128. The number of carbonyl (C=O) groups excluding carboxylic acids is 2. The third-order valence-corrected chi connectivity index (χ3v) is 3.35. The van der Waals surface area contributed by atoms with E-state index in [1.807, 2.05) is 0 Å². The summed E-state index contributed by atoms with van der Waals surface area (Å²) in [5.74, 6) is -0.279. The van der Waals surface area contributed by atoms with Crippen LogP contribution in [-0.4, -0.2) is 36.3 Å². The van der Waals surface area contributed by atoms with Crippen molar-refractivity contribution in [1.82, 2.24) is 10.2 Å². The molecule has 3 N–H and O–H groups in total. The predicted octanol–water partition coefficient (Wildman–Crippen LogP) is 0.538. The summed E-state index contributed by atoms with van der Waals surface area (Å²) in [6.45, 7) is 2.48. The third-order valence-electron chi connectivity index (χ3n) is 3.35. The first-order chi connectivity index (χ1) is 8.50. The number of nitrogens with one attached hydrogen (secondary N) is 1. The molecule has 1 fully saturated rings. The maximum Gasteiger partial charge on any atom is 0.252 e. The van der Waals surface area contributed by atoms with Crippen LogP contribution in [0, 0.1) is 6.92 Å². The van der Waals surface area contributed by atoms with Crippen molar-refractivity contribution in [2.45, 2.75) is 19.4 Å². The van der Waals surface area contributed by atoms with Gasteiger partial charge in [-0.05, 0) is 31.0 Å². The number of benzene rings is 1. The van der Waals surface area contributed by atoms with Crippen LogP contribution in [0.5, 0.6) is 0 Å². The molecule has 2 rings (SSSR count). The number of hydrogen-bond acceptors (Lipinski definition) is 3. The highest BCUT2D eigenvalue weighted by Gasteiger charge is 2.30. The van der Waals surface area contributed by atoms with Crippen molar-refractivity contribution in [3.05, 3.63) is 29.3 Å². The molecule has 0 aromatic heterocycles. The van der Waals surface area contributed by atoms with E-state index in [1.165, 1.54) is 0 Å². The average Bonchev–Trinajstić information content (AvgIpc) is 2.64. The van der Waals surface area contributed by atoms with Gasteiger partial charge in [-0.3, -0.25) is 9.59 Å². The van der Waals surface area contributed by atoms with E-state index in [2.05, 4.69) is 5.32 Å². The first-order valence-corrected chi connectivity index (χ1v) is 5.91. The monoisotopic (exact) mass is 247 g/mol. The number of amides is 2. The largest absolute Gasteiger partial charge is 0.398 e. The lowest BCUT2D eigenvalue weighted by atomic mass is 10.1. The van der Waals surface area contributed by atoms with Crippen molar-refractivity contribution in [1.29, 1.82) is 0 Å². The molecule has 1 aliphatic rings. The minimum atomic E-state index is -0.414. The minimum absolute atomic E-state index is 0.0371. The van der Waals surface area contributed by atoms with Gasteiger partial charge in [-0.25, -0.2) is 0 Å². The summed E-state index contributed by atoms with van der Waals surface area (Å²) in [5, 5.41) is 2.76. The maximum absolute atomic E-state index is 12.1. The Kier molecular flexibility index (Phi) is 3.23. The quantitative estimate of drug-likeness (QED) is 0.749. The smallest absolute Gasteiger partial charge is 0.252 e. The van der Waals surface area contributed by atoms with Crippen LogP contribution in [-0.2, 0) is 4.79 Å². The number of carbonyl (C=O) groups is 2. The molecule has 1 aromatic rings. The summed E-state index contributed by atoms with van der Waals surface area (Å²) in [6, 6.07) is 4.79. The zero-order chi connectivity index (χ0) is 13.3. The van der Waals surface area contributed by atoms with Crippen molar-refractivity contribution < 1.29 is 9.59 Å². The molecule has 5 heteroatoms. The Hall–Kier alpha value is -2.04. The number of anilines is 1. The summed E-state index contributed by atoms with van der Waals surface area (Å²) in [4.78, 5) is 25.4. The number of likely N-dealkylation sites (tertiary alicyclic amines) is 1. The second-order valence-electron chi connectivity index (χ2n) is 4.59. The Labute approximate surface area is 106 Å². The maximum atomic E-state index is 12.1. The molecule has 0 radical (unpaired) electrons. The zero-order valence-corrected chi connectivity index (χ0v) is 10.6. The van der Waals surface area contributed by atoms with Gasteiger partial charge >= 0.3 is 0 Å². The van der Waals surface area contributed by atoms with Crippen LogP contribution >= 0.6 is 0 Å². The summed E-state index contributed by atoms with van der Waals surface area (Å²) >= 11 is 0. The molecule has 2 amide bonds. The highest BCUT2D eigenvalue weighted by molar-refractivity contribution is 5.99. The summed E-state index contributed by atoms with van der Waals surface area (Å²) in [7, 11) is 1.74. The molecule has 1 aliphatic heterocycles. The highest BCUT2D eigenvalue weighted by Crippen LogP contribution is 2.16. The minimum Gasteiger partial charge on any atom is -0.398 e. The van der Waals surface area contributed by atoms with Gasteiger partial charge in [-0.2, -0.15) is 0 Å². The number of likely N-dealkylation sites (N-methyl/N-ethyl adjacent to an activating group) is 1. The van der Waals surface area contributed by atoms with Gasteiger partial charge in [-0.1, -0.05) is 6.07 Å². The Balaban J connectivity index is 2.13. The number of nitrogens with two attached hydrogens (primary N) is 1. The second-order valence-corrected chi connectivity index (χ2v) is 4.59. The molecule has 0 spiro atoms. The van der Waals surface area contributed by atoms with Gasteiger partial charge in [-0.15, -0.1) is 0 Å². The SMILES string of the molecule is Cc1c(N)cccc1C(=O)NC1CCN(C)C1=O. The highest BCUT2D eigenvalue weighted by atomic mass is 16.2. The van der Waals surface area contributed by atoms with Crippen LogP contribution < -0.4 is 11.1 Å². The normalized spacial score (nSPS) is 19.1. The van der Waals surface area contributed by atoms with E-state index in [9.17, 15) is 9.59 Å². The molecule has 0 saturated carbocycles. The number of nitrogen functional groups attached to an aromatic ring is 1. The summed E-state index contributed by atoms with van der Waals surface area (Å²) < 4.78 is 0. The van der Waals surface area contributed by atoms with Gasteiger partial charge in [0.15, 0.2) is 0 Å². The van der Waals surface area contributed by atoms with Gasteiger partial charge in [0.1, 0.15) is 6.04 Å². The summed E-state index contributed by atoms with van der Waals surface area (Å²) in [5.41, 5.74) is 7.61. The fourth-order valence-corrected chi connectivity index (χ4v) is 2.09. The van der Waals surface area contributed by atoms with Gasteiger partial charge < -0.3 is 16.0 Å². The molecule has 5 nitrogen and oxygen atoms in total. The fourth-order valence-electron chi connectivity index (χ4n) is 2.09. The fraction of sp³-hybridized carbons (Fsp3) is 0.385. The molecule has 0 bridgehead atoms. The molecule has 1 saturated heterocycles. The Morgan fingerprint density at radius 2 is 2.22 bits per heavy atom. The van der Waals surface area contributed by atoms with Gasteiger partial charge in [0, 0.05) is 24.8 Å². The van der Waals surface area contributed by atoms with Crippen molar-refractivity contribution in [3.8, 4) is 0 Å². The molecule has 1 aromatic carbocycles. The standard InChI is InChI=1S/C13H17N3O2/c1-8-9(4-3-5-10(8)14)12(17)15-11-6-7-16(2)13(11)18/h3-5,11H,6-7,14H2,1-2H3,(H,15,17). The molecular formula is C13H17N3O2. The van der Waals surface area contributed by atoms with E-state index in [0.29, 0.717) is 24.2 Å². The second kappa shape index (κ2) is 4.68.